The maximum Gasteiger partial charge on any atom is 0.253 e. The highest BCUT2D eigenvalue weighted by Crippen LogP contribution is 2.38. The molecule has 0 bridgehead atoms. The number of nitrogens with one attached hydrogen (secondary N) is 4. The summed E-state index contributed by atoms with van der Waals surface area (Å²) in [5, 5.41) is 20.0. The van der Waals surface area contributed by atoms with Crippen LogP contribution in [0.5, 0.6) is 0 Å². The molecule has 3 aliphatic rings. The summed E-state index contributed by atoms with van der Waals surface area (Å²) in [6, 6.07) is 18.1. The van der Waals surface area contributed by atoms with Crippen LogP contribution in [0.15, 0.2) is 72.7 Å². The smallest absolute Gasteiger partial charge is 0.253 e. The Morgan fingerprint density at radius 1 is 1.06 bits per heavy atom. The predicted octanol–water partition coefficient (Wildman–Crippen LogP) is 7.26. The molecule has 0 aliphatic carbocycles. The van der Waals surface area contributed by atoms with Crippen LogP contribution in [-0.4, -0.2) is 88.5 Å². The average molecular weight is 772 g/mol. The zero-order chi connectivity index (χ0) is 38.3. The van der Waals surface area contributed by atoms with E-state index in [9.17, 15) is 14.4 Å². The van der Waals surface area contributed by atoms with E-state index in [0.29, 0.717) is 57.7 Å². The number of carbonyl (C=O) groups excluding carboxylic acids is 1. The van der Waals surface area contributed by atoms with Crippen LogP contribution < -0.4 is 21.6 Å². The Bertz CT molecular complexity index is 2130. The number of hydrazine groups is 2. The van der Waals surface area contributed by atoms with E-state index in [-0.39, 0.29) is 28.1 Å². The van der Waals surface area contributed by atoms with Gasteiger partial charge < -0.3 is 25.9 Å². The van der Waals surface area contributed by atoms with Crippen LogP contribution in [0, 0.1) is 17.1 Å². The van der Waals surface area contributed by atoms with Crippen LogP contribution >= 0.6 is 23.2 Å². The third-order valence-corrected chi connectivity index (χ3v) is 11.2. The molecule has 7 rings (SSSR count). The van der Waals surface area contributed by atoms with Crippen molar-refractivity contribution in [1.29, 1.82) is 5.26 Å². The third kappa shape index (κ3) is 7.78. The van der Waals surface area contributed by atoms with E-state index in [2.05, 4.69) is 74.4 Å². The lowest BCUT2D eigenvalue weighted by Crippen LogP contribution is -2.59. The fourth-order valence-corrected chi connectivity index (χ4v) is 7.72. The van der Waals surface area contributed by atoms with E-state index in [1.165, 1.54) is 18.3 Å². The molecule has 2 saturated heterocycles. The molecule has 0 spiro atoms. The van der Waals surface area contributed by atoms with E-state index >= 15 is 0 Å². The summed E-state index contributed by atoms with van der Waals surface area (Å²) in [6.45, 7) is 10.1. The Hall–Kier alpha value is -4.64. The second-order valence-corrected chi connectivity index (χ2v) is 16.2. The summed E-state index contributed by atoms with van der Waals surface area (Å²) in [5.74, 6) is -0.553. The molecule has 0 radical (unpaired) electrons. The SMILES string of the molecule is CN(C)C1CN(C(=O)c2cccc([C@H](Nc3cc(Cl)c4ncc(C#N)c(Nc5ccc(F)c(Cl)c5)c4c3)C3=CN(C4CCN(C(C)(C)C)CC4)NN3)c2)C1. The standard InChI is InChI=1S/C40H45Cl2FN10O/c1-40(2,3)52-13-11-29(12-14-52)53-23-35(48-49-53)37(24-7-6-8-25(15-24)39(54)51-21-30(22-51)50(4)5)47-28-16-31-36(46-27-9-10-34(43)32(41)17-27)26(19-44)20-45-38(31)33(42)18-28/h6-10,15-18,20,23,29-30,37,47-49H,11-14,21-22H2,1-5H3,(H,45,46)/t37-/m0/s1. The van der Waals surface area contributed by atoms with E-state index in [1.54, 1.807) is 12.1 Å². The number of likely N-dealkylation sites (tertiary alicyclic amines) is 2. The summed E-state index contributed by atoms with van der Waals surface area (Å²) in [6.07, 6.45) is 5.57. The molecule has 4 heterocycles. The van der Waals surface area contributed by atoms with Gasteiger partial charge in [0.2, 0.25) is 0 Å². The van der Waals surface area contributed by atoms with Gasteiger partial charge in [-0.05, 0) is 95.7 Å². The number of hydrogen-bond donors (Lipinski definition) is 4. The first kappa shape index (κ1) is 37.7. The van der Waals surface area contributed by atoms with Crippen LogP contribution in [0.25, 0.3) is 10.9 Å². The van der Waals surface area contributed by atoms with Gasteiger partial charge in [-0.2, -0.15) is 5.26 Å². The number of nitrogens with zero attached hydrogens (tertiary/aromatic N) is 6. The number of rotatable bonds is 9. The van der Waals surface area contributed by atoms with Gasteiger partial charge in [-0.25, -0.2) is 4.39 Å². The third-order valence-electron chi connectivity index (χ3n) is 10.6. The second-order valence-electron chi connectivity index (χ2n) is 15.4. The number of amides is 1. The molecule has 0 unspecified atom stereocenters. The van der Waals surface area contributed by atoms with Crippen molar-refractivity contribution in [2.75, 3.05) is 50.9 Å². The molecule has 0 saturated carbocycles. The Morgan fingerprint density at radius 3 is 2.48 bits per heavy atom. The molecule has 1 atom stereocenters. The van der Waals surface area contributed by atoms with Crippen molar-refractivity contribution in [3.05, 3.63) is 105 Å². The van der Waals surface area contributed by atoms with Crippen molar-refractivity contribution in [1.82, 2.24) is 35.7 Å². The number of benzene rings is 3. The minimum atomic E-state index is -0.547. The van der Waals surface area contributed by atoms with Gasteiger partial charge in [0.15, 0.2) is 0 Å². The summed E-state index contributed by atoms with van der Waals surface area (Å²) in [4.78, 5) is 24.7. The number of aromatic nitrogens is 1. The molecule has 3 aliphatic heterocycles. The Kier molecular flexibility index (Phi) is 10.6. The van der Waals surface area contributed by atoms with Gasteiger partial charge in [0.05, 0.1) is 38.6 Å². The summed E-state index contributed by atoms with van der Waals surface area (Å²) in [5.41, 5.74) is 11.6. The van der Waals surface area contributed by atoms with Crippen molar-refractivity contribution in [3.63, 3.8) is 0 Å². The lowest BCUT2D eigenvalue weighted by Gasteiger charge is -2.42. The first-order valence-corrected chi connectivity index (χ1v) is 18.9. The van der Waals surface area contributed by atoms with Gasteiger partial charge >= 0.3 is 0 Å². The first-order valence-electron chi connectivity index (χ1n) is 18.1. The molecule has 1 amide bonds. The van der Waals surface area contributed by atoms with Crippen LogP contribution in [0.2, 0.25) is 10.0 Å². The minimum absolute atomic E-state index is 0.00658. The fraction of sp³-hybridized carbons (Fsp3) is 0.375. The first-order chi connectivity index (χ1) is 25.8. The van der Waals surface area contributed by atoms with E-state index in [0.717, 1.165) is 37.2 Å². The molecule has 4 N–H and O–H groups in total. The number of likely N-dealkylation sites (N-methyl/N-ethyl adjacent to an activating group) is 1. The minimum Gasteiger partial charge on any atom is -0.373 e. The summed E-state index contributed by atoms with van der Waals surface area (Å²) >= 11 is 13.0. The highest BCUT2D eigenvalue weighted by molar-refractivity contribution is 6.36. The highest BCUT2D eigenvalue weighted by Gasteiger charge is 2.34. The van der Waals surface area contributed by atoms with Crippen LogP contribution in [0.1, 0.15) is 61.1 Å². The highest BCUT2D eigenvalue weighted by atomic mass is 35.5. The van der Waals surface area contributed by atoms with E-state index < -0.39 is 11.9 Å². The van der Waals surface area contributed by atoms with Crippen molar-refractivity contribution < 1.29 is 9.18 Å². The zero-order valence-corrected chi connectivity index (χ0v) is 32.6. The number of nitriles is 1. The van der Waals surface area contributed by atoms with Crippen molar-refractivity contribution in [2.45, 2.75) is 57.3 Å². The monoisotopic (exact) mass is 770 g/mol. The number of halogens is 3. The van der Waals surface area contributed by atoms with E-state index in [1.807, 2.05) is 49.3 Å². The molecule has 3 aromatic carbocycles. The van der Waals surface area contributed by atoms with Crippen molar-refractivity contribution in [2.24, 2.45) is 0 Å². The molecule has 14 heteroatoms. The van der Waals surface area contributed by atoms with Gasteiger partial charge in [-0.3, -0.25) is 19.7 Å². The Labute approximate surface area is 325 Å². The van der Waals surface area contributed by atoms with Crippen LogP contribution in [-0.2, 0) is 0 Å². The topological polar surface area (TPSA) is 115 Å². The quantitative estimate of drug-likeness (QED) is 0.139. The number of anilines is 3. The molecule has 282 valence electrons. The van der Waals surface area contributed by atoms with Gasteiger partial charge in [0.25, 0.3) is 5.91 Å². The lowest BCUT2D eigenvalue weighted by molar-refractivity contribution is 0.0399. The molecule has 54 heavy (non-hydrogen) atoms. The largest absolute Gasteiger partial charge is 0.373 e. The Balaban J connectivity index is 1.24. The molecular formula is C40H45Cl2FN10O. The van der Waals surface area contributed by atoms with Gasteiger partial charge in [-0.1, -0.05) is 35.3 Å². The van der Waals surface area contributed by atoms with E-state index in [4.69, 9.17) is 23.2 Å². The summed E-state index contributed by atoms with van der Waals surface area (Å²) in [7, 11) is 4.06. The number of hydrogen-bond acceptors (Lipinski definition) is 10. The maximum atomic E-state index is 14.0. The van der Waals surface area contributed by atoms with Crippen molar-refractivity contribution >= 4 is 57.1 Å². The fourth-order valence-electron chi connectivity index (χ4n) is 7.27. The molecular weight excluding hydrogens is 726 g/mol. The van der Waals surface area contributed by atoms with Gasteiger partial charge in [-0.15, -0.1) is 5.53 Å². The molecule has 11 nitrogen and oxygen atoms in total. The molecule has 2 fully saturated rings. The van der Waals surface area contributed by atoms with Gasteiger partial charge in [0, 0.05) is 78.5 Å². The number of pyridine rings is 1. The van der Waals surface area contributed by atoms with Crippen LogP contribution in [0.4, 0.5) is 21.5 Å². The maximum absolute atomic E-state index is 14.0. The Morgan fingerprint density at radius 2 is 1.80 bits per heavy atom. The number of piperidine rings is 1. The number of fused-ring (bicyclic) bond motifs is 1. The van der Waals surface area contributed by atoms with Gasteiger partial charge in [0.1, 0.15) is 11.9 Å². The van der Waals surface area contributed by atoms with Crippen LogP contribution in [0.3, 0.4) is 0 Å². The number of carbonyl (C=O) groups is 1. The predicted molar refractivity (Wildman–Crippen MR) is 213 cm³/mol. The average Bonchev–Trinajstić information content (AvgIpc) is 3.61. The normalized spacial score (nSPS) is 17.6. The zero-order valence-electron chi connectivity index (χ0n) is 31.1. The lowest BCUT2D eigenvalue weighted by atomic mass is 9.97. The molecule has 4 aromatic rings. The van der Waals surface area contributed by atoms with Crippen molar-refractivity contribution in [3.8, 4) is 6.07 Å². The summed E-state index contributed by atoms with van der Waals surface area (Å²) < 4.78 is 14.0. The second kappa shape index (κ2) is 15.2. The molecule has 1 aromatic heterocycles.